The molecule has 0 saturated heterocycles. The van der Waals surface area contributed by atoms with E-state index in [9.17, 15) is 0 Å². The highest BCUT2D eigenvalue weighted by Crippen LogP contribution is 2.28. The Morgan fingerprint density at radius 2 is 2.24 bits per heavy atom. The van der Waals surface area contributed by atoms with Gasteiger partial charge in [-0.2, -0.15) is 0 Å². The molecule has 0 aliphatic heterocycles. The van der Waals surface area contributed by atoms with Crippen LogP contribution >= 0.6 is 11.6 Å². The molecule has 0 radical (unpaired) electrons. The number of hydrazine groups is 1. The molecule has 17 heavy (non-hydrogen) atoms. The number of benzene rings is 1. The summed E-state index contributed by atoms with van der Waals surface area (Å²) in [6, 6.07) is 5.31. The van der Waals surface area contributed by atoms with E-state index in [1.54, 1.807) is 13.2 Å². The van der Waals surface area contributed by atoms with Gasteiger partial charge in [-0.15, -0.1) is 0 Å². The highest BCUT2D eigenvalue weighted by atomic mass is 35.5. The van der Waals surface area contributed by atoms with Crippen LogP contribution in [0.2, 0.25) is 5.02 Å². The molecule has 0 fully saturated rings. The molecule has 0 amide bonds. The summed E-state index contributed by atoms with van der Waals surface area (Å²) in [6.45, 7) is 3.26. The normalized spacial score (nSPS) is 12.5. The van der Waals surface area contributed by atoms with Crippen molar-refractivity contribution in [2.24, 2.45) is 5.84 Å². The number of halogens is 1. The van der Waals surface area contributed by atoms with E-state index in [0.29, 0.717) is 18.2 Å². The van der Waals surface area contributed by atoms with Crippen molar-refractivity contribution in [2.75, 3.05) is 20.3 Å². The van der Waals surface area contributed by atoms with Gasteiger partial charge in [-0.05, 0) is 24.6 Å². The Balaban J connectivity index is 2.82. The van der Waals surface area contributed by atoms with Crippen LogP contribution in [0, 0.1) is 0 Å². The Bertz CT molecular complexity index is 347. The zero-order valence-corrected chi connectivity index (χ0v) is 11.0. The number of hydrogen-bond acceptors (Lipinski definition) is 4. The van der Waals surface area contributed by atoms with E-state index in [-0.39, 0.29) is 6.04 Å². The molecule has 1 atom stereocenters. The second kappa shape index (κ2) is 7.50. The van der Waals surface area contributed by atoms with Crippen molar-refractivity contribution in [3.05, 3.63) is 28.8 Å². The van der Waals surface area contributed by atoms with Crippen molar-refractivity contribution < 1.29 is 9.47 Å². The number of methoxy groups -OCH3 is 1. The molecule has 0 aliphatic carbocycles. The third kappa shape index (κ3) is 4.16. The molecule has 0 aromatic heterocycles. The Morgan fingerprint density at radius 1 is 1.47 bits per heavy atom. The summed E-state index contributed by atoms with van der Waals surface area (Å²) >= 11 is 5.97. The largest absolute Gasteiger partial charge is 0.496 e. The molecule has 5 heteroatoms. The molecule has 0 bridgehead atoms. The average Bonchev–Trinajstić information content (AvgIpc) is 2.35. The molecule has 1 aromatic rings. The maximum absolute atomic E-state index is 5.97. The topological polar surface area (TPSA) is 56.5 Å². The minimum absolute atomic E-state index is 0.129. The van der Waals surface area contributed by atoms with Crippen LogP contribution in [0.5, 0.6) is 5.75 Å². The summed E-state index contributed by atoms with van der Waals surface area (Å²) in [5, 5.41) is 0.650. The van der Waals surface area contributed by atoms with Crippen LogP contribution in [0.3, 0.4) is 0 Å². The van der Waals surface area contributed by atoms with E-state index in [4.69, 9.17) is 26.9 Å². The van der Waals surface area contributed by atoms with Gasteiger partial charge in [-0.25, -0.2) is 0 Å². The molecule has 3 N–H and O–H groups in total. The smallest absolute Gasteiger partial charge is 0.123 e. The quantitative estimate of drug-likeness (QED) is 0.448. The first-order valence-electron chi connectivity index (χ1n) is 5.60. The lowest BCUT2D eigenvalue weighted by molar-refractivity contribution is 0.111. The lowest BCUT2D eigenvalue weighted by Crippen LogP contribution is -2.31. The SMILES string of the molecule is CCCOCC(NN)c1cc(Cl)ccc1OC. The molecule has 0 saturated carbocycles. The van der Waals surface area contributed by atoms with Crippen LogP contribution in [0.15, 0.2) is 18.2 Å². The number of rotatable bonds is 7. The predicted molar refractivity (Wildman–Crippen MR) is 69.2 cm³/mol. The number of nitrogens with one attached hydrogen (secondary N) is 1. The molecule has 4 nitrogen and oxygen atoms in total. The van der Waals surface area contributed by atoms with Crippen LogP contribution in [-0.4, -0.2) is 20.3 Å². The van der Waals surface area contributed by atoms with Gasteiger partial charge in [0.1, 0.15) is 5.75 Å². The summed E-state index contributed by atoms with van der Waals surface area (Å²) in [7, 11) is 1.62. The van der Waals surface area contributed by atoms with Crippen LogP contribution in [0.4, 0.5) is 0 Å². The van der Waals surface area contributed by atoms with Crippen LogP contribution in [0.25, 0.3) is 0 Å². The van der Waals surface area contributed by atoms with Gasteiger partial charge in [0.15, 0.2) is 0 Å². The monoisotopic (exact) mass is 258 g/mol. The summed E-state index contributed by atoms with van der Waals surface area (Å²) in [6.07, 6.45) is 0.976. The fourth-order valence-electron chi connectivity index (χ4n) is 1.55. The first-order valence-corrected chi connectivity index (χ1v) is 5.98. The first kappa shape index (κ1) is 14.3. The first-order chi connectivity index (χ1) is 8.22. The molecule has 96 valence electrons. The van der Waals surface area contributed by atoms with Crippen molar-refractivity contribution in [1.29, 1.82) is 0 Å². The third-order valence-electron chi connectivity index (χ3n) is 2.40. The van der Waals surface area contributed by atoms with Crippen molar-refractivity contribution in [3.8, 4) is 5.75 Å². The summed E-state index contributed by atoms with van der Waals surface area (Å²) < 4.78 is 10.8. The highest BCUT2D eigenvalue weighted by molar-refractivity contribution is 6.30. The van der Waals surface area contributed by atoms with Gasteiger partial charge in [0.05, 0.1) is 19.8 Å². The van der Waals surface area contributed by atoms with E-state index in [0.717, 1.165) is 17.7 Å². The molecular weight excluding hydrogens is 240 g/mol. The number of ether oxygens (including phenoxy) is 2. The fraction of sp³-hybridized carbons (Fsp3) is 0.500. The van der Waals surface area contributed by atoms with E-state index < -0.39 is 0 Å². The van der Waals surface area contributed by atoms with Gasteiger partial charge in [0, 0.05) is 17.2 Å². The Labute approximate surface area is 107 Å². The average molecular weight is 259 g/mol. The van der Waals surface area contributed by atoms with Crippen molar-refractivity contribution in [2.45, 2.75) is 19.4 Å². The maximum Gasteiger partial charge on any atom is 0.123 e. The van der Waals surface area contributed by atoms with E-state index in [1.807, 2.05) is 12.1 Å². The highest BCUT2D eigenvalue weighted by Gasteiger charge is 2.15. The minimum atomic E-state index is -0.129. The van der Waals surface area contributed by atoms with Crippen molar-refractivity contribution in [3.63, 3.8) is 0 Å². The van der Waals surface area contributed by atoms with Crippen LogP contribution in [-0.2, 0) is 4.74 Å². The number of hydrogen-bond donors (Lipinski definition) is 2. The Morgan fingerprint density at radius 3 is 2.82 bits per heavy atom. The van der Waals surface area contributed by atoms with Gasteiger partial charge in [-0.1, -0.05) is 18.5 Å². The zero-order valence-electron chi connectivity index (χ0n) is 10.2. The van der Waals surface area contributed by atoms with Crippen molar-refractivity contribution in [1.82, 2.24) is 5.43 Å². The molecule has 0 heterocycles. The zero-order chi connectivity index (χ0) is 12.7. The molecule has 1 rings (SSSR count). The predicted octanol–water partition coefficient (Wildman–Crippen LogP) is 2.28. The van der Waals surface area contributed by atoms with Gasteiger partial charge >= 0.3 is 0 Å². The Hall–Kier alpha value is -0.810. The fourth-order valence-corrected chi connectivity index (χ4v) is 1.73. The molecule has 1 aromatic carbocycles. The molecular formula is C12H19ClN2O2. The van der Waals surface area contributed by atoms with Gasteiger partial charge < -0.3 is 9.47 Å². The molecule has 1 unspecified atom stereocenters. The maximum atomic E-state index is 5.97. The van der Waals surface area contributed by atoms with E-state index in [1.165, 1.54) is 0 Å². The summed E-state index contributed by atoms with van der Waals surface area (Å²) in [5.74, 6) is 6.28. The lowest BCUT2D eigenvalue weighted by atomic mass is 10.1. The van der Waals surface area contributed by atoms with Gasteiger partial charge in [-0.3, -0.25) is 11.3 Å². The molecule has 0 aliphatic rings. The third-order valence-corrected chi connectivity index (χ3v) is 2.64. The molecule has 0 spiro atoms. The van der Waals surface area contributed by atoms with Gasteiger partial charge in [0.25, 0.3) is 0 Å². The minimum Gasteiger partial charge on any atom is -0.496 e. The second-order valence-corrected chi connectivity index (χ2v) is 4.12. The lowest BCUT2D eigenvalue weighted by Gasteiger charge is -2.19. The summed E-state index contributed by atoms with van der Waals surface area (Å²) in [5.41, 5.74) is 3.62. The summed E-state index contributed by atoms with van der Waals surface area (Å²) in [4.78, 5) is 0. The van der Waals surface area contributed by atoms with E-state index in [2.05, 4.69) is 12.3 Å². The van der Waals surface area contributed by atoms with Gasteiger partial charge in [0.2, 0.25) is 0 Å². The van der Waals surface area contributed by atoms with Crippen LogP contribution in [0.1, 0.15) is 24.9 Å². The van der Waals surface area contributed by atoms with Crippen molar-refractivity contribution >= 4 is 11.6 Å². The number of nitrogens with two attached hydrogens (primary N) is 1. The second-order valence-electron chi connectivity index (χ2n) is 3.68. The standard InChI is InChI=1S/C12H19ClN2O2/c1-3-6-17-8-11(15-14)10-7-9(13)4-5-12(10)16-2/h4-5,7,11,15H,3,6,8,14H2,1-2H3. The Kier molecular flexibility index (Phi) is 6.29. The van der Waals surface area contributed by atoms with E-state index >= 15 is 0 Å². The van der Waals surface area contributed by atoms with Crippen LogP contribution < -0.4 is 16.0 Å².